The van der Waals surface area contributed by atoms with Crippen molar-refractivity contribution in [2.24, 2.45) is 0 Å². The molecule has 0 spiro atoms. The molecule has 9 nitrogen and oxygen atoms in total. The van der Waals surface area contributed by atoms with Crippen LogP contribution in [0.1, 0.15) is 23.2 Å². The molecule has 1 N–H and O–H groups in total. The fourth-order valence-electron chi connectivity index (χ4n) is 3.33. The summed E-state index contributed by atoms with van der Waals surface area (Å²) in [6, 6.07) is 8.47. The third-order valence-electron chi connectivity index (χ3n) is 4.84. The Morgan fingerprint density at radius 1 is 1.18 bits per heavy atom. The number of carbonyl (C=O) groups excluding carboxylic acids is 2. The number of furan rings is 1. The van der Waals surface area contributed by atoms with Crippen LogP contribution in [0.3, 0.4) is 0 Å². The van der Waals surface area contributed by atoms with Gasteiger partial charge in [0.25, 0.3) is 11.5 Å². The summed E-state index contributed by atoms with van der Waals surface area (Å²) in [5, 5.41) is 11.2. The van der Waals surface area contributed by atoms with Gasteiger partial charge < -0.3 is 14.6 Å². The highest BCUT2D eigenvalue weighted by Crippen LogP contribution is 2.14. The molecule has 9 heteroatoms. The minimum atomic E-state index is -0.346. The van der Waals surface area contributed by atoms with Gasteiger partial charge >= 0.3 is 0 Å². The number of hydrogen-bond acceptors (Lipinski definition) is 6. The van der Waals surface area contributed by atoms with Crippen molar-refractivity contribution in [3.8, 4) is 0 Å². The number of carbonyl (C=O) groups is 2. The van der Waals surface area contributed by atoms with Gasteiger partial charge in [-0.3, -0.25) is 14.4 Å². The van der Waals surface area contributed by atoms with Gasteiger partial charge in [0.15, 0.2) is 0 Å². The van der Waals surface area contributed by atoms with Crippen LogP contribution in [0.15, 0.2) is 52.1 Å². The summed E-state index contributed by atoms with van der Waals surface area (Å²) in [4.78, 5) is 38.8. The molecule has 0 aliphatic carbocycles. The molecule has 1 fully saturated rings. The summed E-state index contributed by atoms with van der Waals surface area (Å²) in [5.41, 5.74) is 0.678. The third kappa shape index (κ3) is 3.64. The summed E-state index contributed by atoms with van der Waals surface area (Å²) >= 11 is 0. The molecule has 2 amide bonds. The summed E-state index contributed by atoms with van der Waals surface area (Å²) in [7, 11) is 0. The first-order valence-electron chi connectivity index (χ1n) is 9.05. The van der Waals surface area contributed by atoms with Gasteiger partial charge in [0.1, 0.15) is 18.3 Å². The first kappa shape index (κ1) is 17.9. The van der Waals surface area contributed by atoms with Crippen LogP contribution in [-0.4, -0.2) is 50.8 Å². The third-order valence-corrected chi connectivity index (χ3v) is 4.84. The van der Waals surface area contributed by atoms with Crippen molar-refractivity contribution >= 4 is 22.7 Å². The summed E-state index contributed by atoms with van der Waals surface area (Å²) in [5.74, 6) is -0.372. The van der Waals surface area contributed by atoms with Gasteiger partial charge in [-0.2, -0.15) is 0 Å². The van der Waals surface area contributed by atoms with Crippen LogP contribution in [0.25, 0.3) is 10.9 Å². The number of fused-ring (bicyclic) bond motifs is 1. The number of nitrogens with one attached hydrogen (secondary N) is 1. The van der Waals surface area contributed by atoms with E-state index in [2.05, 4.69) is 15.6 Å². The lowest BCUT2D eigenvalue weighted by Crippen LogP contribution is -2.47. The highest BCUT2D eigenvalue weighted by atomic mass is 16.3. The van der Waals surface area contributed by atoms with Crippen molar-refractivity contribution in [1.29, 1.82) is 0 Å². The zero-order valence-corrected chi connectivity index (χ0v) is 15.1. The van der Waals surface area contributed by atoms with Crippen molar-refractivity contribution in [3.05, 3.63) is 58.8 Å². The average Bonchev–Trinajstić information content (AvgIpc) is 3.25. The number of aromatic nitrogens is 3. The van der Waals surface area contributed by atoms with Gasteiger partial charge in [-0.05, 0) is 31.0 Å². The van der Waals surface area contributed by atoms with Crippen molar-refractivity contribution in [1.82, 2.24) is 25.2 Å². The number of amides is 2. The number of rotatable bonds is 4. The number of piperidine rings is 1. The Labute approximate surface area is 159 Å². The first-order chi connectivity index (χ1) is 13.6. The number of nitrogens with zero attached hydrogens (tertiary/aromatic N) is 4. The largest absolute Gasteiger partial charge is 0.472 e. The second-order valence-corrected chi connectivity index (χ2v) is 6.72. The normalized spacial score (nSPS) is 14.9. The van der Waals surface area contributed by atoms with Crippen LogP contribution in [0.2, 0.25) is 0 Å². The SMILES string of the molecule is O=C(Cn1nnc2ccccc2c1=O)NC1CCN(C(=O)c2ccoc2)CC1. The van der Waals surface area contributed by atoms with Crippen LogP contribution in [0, 0.1) is 0 Å². The minimum Gasteiger partial charge on any atom is -0.472 e. The minimum absolute atomic E-state index is 0.0509. The molecule has 144 valence electrons. The molecule has 2 aromatic heterocycles. The summed E-state index contributed by atoms with van der Waals surface area (Å²) < 4.78 is 6.01. The molecule has 1 aliphatic rings. The second kappa shape index (κ2) is 7.63. The molecule has 0 unspecified atom stereocenters. The molecule has 0 radical (unpaired) electrons. The highest BCUT2D eigenvalue weighted by molar-refractivity contribution is 5.93. The molecule has 0 saturated carbocycles. The average molecular weight is 381 g/mol. The lowest BCUT2D eigenvalue weighted by atomic mass is 10.0. The van der Waals surface area contributed by atoms with Crippen molar-refractivity contribution in [2.75, 3.05) is 13.1 Å². The fourth-order valence-corrected chi connectivity index (χ4v) is 3.33. The van der Waals surface area contributed by atoms with Crippen molar-refractivity contribution in [2.45, 2.75) is 25.4 Å². The van der Waals surface area contributed by atoms with Crippen LogP contribution >= 0.6 is 0 Å². The Morgan fingerprint density at radius 3 is 2.71 bits per heavy atom. The van der Waals surface area contributed by atoms with E-state index in [1.165, 1.54) is 12.5 Å². The molecule has 4 rings (SSSR count). The monoisotopic (exact) mass is 381 g/mol. The molecule has 3 aromatic rings. The summed E-state index contributed by atoms with van der Waals surface area (Å²) in [6.45, 7) is 0.903. The van der Waals surface area contributed by atoms with E-state index in [0.717, 1.165) is 4.68 Å². The fraction of sp³-hybridized carbons (Fsp3) is 0.316. The highest BCUT2D eigenvalue weighted by Gasteiger charge is 2.25. The Balaban J connectivity index is 1.33. The van der Waals surface area contributed by atoms with Gasteiger partial charge in [0, 0.05) is 19.1 Å². The number of benzene rings is 1. The Morgan fingerprint density at radius 2 is 1.96 bits per heavy atom. The number of hydrogen-bond donors (Lipinski definition) is 1. The topological polar surface area (TPSA) is 110 Å². The lowest BCUT2D eigenvalue weighted by molar-refractivity contribution is -0.122. The predicted molar refractivity (Wildman–Crippen MR) is 99.6 cm³/mol. The smallest absolute Gasteiger partial charge is 0.278 e. The zero-order chi connectivity index (χ0) is 19.5. The molecule has 1 aromatic carbocycles. The molecule has 0 bridgehead atoms. The van der Waals surface area contributed by atoms with E-state index in [1.807, 2.05) is 0 Å². The standard InChI is InChI=1S/C19H19N5O4/c25-17(11-24-19(27)15-3-1-2-4-16(15)21-22-24)20-14-5-8-23(9-6-14)18(26)13-7-10-28-12-13/h1-4,7,10,12,14H,5-6,8-9,11H2,(H,20,25). The van der Waals surface area contributed by atoms with Gasteiger partial charge in [-0.15, -0.1) is 5.10 Å². The van der Waals surface area contributed by atoms with Crippen LogP contribution in [0.5, 0.6) is 0 Å². The lowest BCUT2D eigenvalue weighted by Gasteiger charge is -2.32. The molecule has 28 heavy (non-hydrogen) atoms. The van der Waals surface area contributed by atoms with E-state index in [9.17, 15) is 14.4 Å². The zero-order valence-electron chi connectivity index (χ0n) is 15.1. The molecule has 3 heterocycles. The van der Waals surface area contributed by atoms with Crippen molar-refractivity contribution in [3.63, 3.8) is 0 Å². The molecule has 1 saturated heterocycles. The van der Waals surface area contributed by atoms with Crippen LogP contribution in [0.4, 0.5) is 0 Å². The maximum Gasteiger partial charge on any atom is 0.278 e. The first-order valence-corrected chi connectivity index (χ1v) is 9.05. The Hall–Kier alpha value is -3.49. The quantitative estimate of drug-likeness (QED) is 0.716. The van der Waals surface area contributed by atoms with Crippen LogP contribution < -0.4 is 10.9 Å². The van der Waals surface area contributed by atoms with Gasteiger partial charge in [-0.25, -0.2) is 4.68 Å². The second-order valence-electron chi connectivity index (χ2n) is 6.72. The molecule has 1 aliphatic heterocycles. The van der Waals surface area contributed by atoms with Crippen molar-refractivity contribution < 1.29 is 14.0 Å². The van der Waals surface area contributed by atoms with E-state index in [-0.39, 0.29) is 30.0 Å². The summed E-state index contributed by atoms with van der Waals surface area (Å²) in [6.07, 6.45) is 4.19. The Kier molecular flexibility index (Phi) is 4.88. The predicted octanol–water partition coefficient (Wildman–Crippen LogP) is 0.805. The molecule has 0 atom stereocenters. The molecular formula is C19H19N5O4. The van der Waals surface area contributed by atoms with Crippen LogP contribution in [-0.2, 0) is 11.3 Å². The van der Waals surface area contributed by atoms with Gasteiger partial charge in [-0.1, -0.05) is 17.3 Å². The number of likely N-dealkylation sites (tertiary alicyclic amines) is 1. The van der Waals surface area contributed by atoms with Gasteiger partial charge in [0.05, 0.1) is 17.2 Å². The van der Waals surface area contributed by atoms with E-state index < -0.39 is 0 Å². The van der Waals surface area contributed by atoms with E-state index in [4.69, 9.17) is 4.42 Å². The van der Waals surface area contributed by atoms with E-state index in [0.29, 0.717) is 42.4 Å². The van der Waals surface area contributed by atoms with Gasteiger partial charge in [0.2, 0.25) is 5.91 Å². The maximum absolute atomic E-state index is 12.4. The van der Waals surface area contributed by atoms with E-state index >= 15 is 0 Å². The van der Waals surface area contributed by atoms with E-state index in [1.54, 1.807) is 35.2 Å². The maximum atomic E-state index is 12.4. The Bertz CT molecular complexity index is 1050. The molecular weight excluding hydrogens is 362 g/mol.